The van der Waals surface area contributed by atoms with Crippen molar-refractivity contribution in [2.75, 3.05) is 40.9 Å². The summed E-state index contributed by atoms with van der Waals surface area (Å²) in [5, 5.41) is 3.06. The van der Waals surface area contributed by atoms with E-state index < -0.39 is 20.0 Å². The van der Waals surface area contributed by atoms with E-state index in [9.17, 15) is 19.0 Å². The molecule has 0 aromatic rings. The zero-order chi connectivity index (χ0) is 56.4. The first-order valence-electron chi connectivity index (χ1n) is 33.3. The Hall–Kier alpha value is -1.77. The molecule has 0 aliphatic rings. The van der Waals surface area contributed by atoms with E-state index >= 15 is 0 Å². The number of ether oxygens (including phenoxy) is 1. The Balaban J connectivity index is 5.02. The number of hydrogen-bond acceptors (Lipinski definition) is 6. The van der Waals surface area contributed by atoms with E-state index in [1.807, 2.05) is 33.3 Å². The van der Waals surface area contributed by atoms with Crippen LogP contribution in [-0.4, -0.2) is 74.3 Å². The van der Waals surface area contributed by atoms with Gasteiger partial charge in [0.2, 0.25) is 5.91 Å². The predicted octanol–water partition coefficient (Wildman–Crippen LogP) is 20.7. The van der Waals surface area contributed by atoms with Gasteiger partial charge in [-0.1, -0.05) is 269 Å². The lowest BCUT2D eigenvalue weighted by atomic mass is 10.0. The molecular formula is C67H130N2O7P+. The molecule has 0 bridgehead atoms. The molecule has 77 heavy (non-hydrogen) atoms. The van der Waals surface area contributed by atoms with Crippen molar-refractivity contribution in [3.8, 4) is 0 Å². The number of phosphoric ester groups is 1. The molecule has 0 rings (SSSR count). The number of phosphoric acid groups is 1. The second-order valence-electron chi connectivity index (χ2n) is 24.0. The number of carbonyl (C=O) groups is 2. The number of carbonyl (C=O) groups excluding carboxylic acids is 2. The zero-order valence-corrected chi connectivity index (χ0v) is 52.9. The van der Waals surface area contributed by atoms with Crippen LogP contribution in [-0.2, 0) is 27.9 Å². The first-order chi connectivity index (χ1) is 37.4. The molecule has 3 unspecified atom stereocenters. The van der Waals surface area contributed by atoms with Gasteiger partial charge in [-0.3, -0.25) is 18.6 Å². The third kappa shape index (κ3) is 58.7. The average Bonchev–Trinajstić information content (AvgIpc) is 3.39. The molecular weight excluding hydrogens is 976 g/mol. The Kier molecular flexibility index (Phi) is 56.1. The molecule has 0 aliphatic carbocycles. The Morgan fingerprint density at radius 1 is 0.442 bits per heavy atom. The maximum atomic E-state index is 13.5. The fraction of sp³-hybridized carbons (Fsp3) is 0.881. The minimum absolute atomic E-state index is 0.0415. The number of rotatable bonds is 61. The summed E-state index contributed by atoms with van der Waals surface area (Å²) >= 11 is 0. The third-order valence-electron chi connectivity index (χ3n) is 15.1. The van der Waals surface area contributed by atoms with Gasteiger partial charge >= 0.3 is 13.8 Å². The number of quaternary nitrogens is 1. The summed E-state index contributed by atoms with van der Waals surface area (Å²) in [7, 11) is 1.51. The smallest absolute Gasteiger partial charge is 0.456 e. The summed E-state index contributed by atoms with van der Waals surface area (Å²) in [5.74, 6) is -0.497. The van der Waals surface area contributed by atoms with Crippen molar-refractivity contribution in [1.29, 1.82) is 0 Å². The lowest BCUT2D eigenvalue weighted by Crippen LogP contribution is -2.47. The van der Waals surface area contributed by atoms with Gasteiger partial charge in [0.25, 0.3) is 0 Å². The fourth-order valence-corrected chi connectivity index (χ4v) is 10.6. The van der Waals surface area contributed by atoms with Crippen LogP contribution in [0.15, 0.2) is 36.5 Å². The summed E-state index contributed by atoms with van der Waals surface area (Å²) in [5.41, 5.74) is 0. The van der Waals surface area contributed by atoms with Crippen LogP contribution in [0.1, 0.15) is 329 Å². The van der Waals surface area contributed by atoms with Gasteiger partial charge in [0.1, 0.15) is 19.3 Å². The first kappa shape index (κ1) is 75.2. The van der Waals surface area contributed by atoms with E-state index in [1.165, 1.54) is 231 Å². The number of hydrogen-bond donors (Lipinski definition) is 2. The van der Waals surface area contributed by atoms with Crippen LogP contribution in [0.3, 0.4) is 0 Å². The summed E-state index contributed by atoms with van der Waals surface area (Å²) in [6.07, 6.45) is 70.1. The molecule has 0 heterocycles. The molecule has 0 aromatic carbocycles. The molecule has 1 amide bonds. The highest BCUT2D eigenvalue weighted by Gasteiger charge is 2.30. The average molecular weight is 1110 g/mol. The Bertz CT molecular complexity index is 1410. The highest BCUT2D eigenvalue weighted by atomic mass is 31.2. The molecule has 10 heteroatoms. The highest BCUT2D eigenvalue weighted by molar-refractivity contribution is 7.47. The monoisotopic (exact) mass is 1110 g/mol. The van der Waals surface area contributed by atoms with Crippen molar-refractivity contribution in [1.82, 2.24) is 5.32 Å². The van der Waals surface area contributed by atoms with Gasteiger partial charge in [-0.15, -0.1) is 0 Å². The second kappa shape index (κ2) is 57.5. The van der Waals surface area contributed by atoms with E-state index in [2.05, 4.69) is 50.4 Å². The molecule has 0 aliphatic heterocycles. The number of nitrogens with one attached hydrogen (secondary N) is 1. The lowest BCUT2D eigenvalue weighted by molar-refractivity contribution is -0.870. The number of nitrogens with zero attached hydrogens (tertiary/aromatic N) is 1. The van der Waals surface area contributed by atoms with Crippen LogP contribution in [0.25, 0.3) is 0 Å². The largest absolute Gasteiger partial charge is 0.472 e. The van der Waals surface area contributed by atoms with Crippen molar-refractivity contribution in [2.24, 2.45) is 0 Å². The van der Waals surface area contributed by atoms with Crippen LogP contribution in [0.5, 0.6) is 0 Å². The van der Waals surface area contributed by atoms with Crippen LogP contribution in [0.2, 0.25) is 0 Å². The molecule has 0 saturated carbocycles. The molecule has 0 radical (unpaired) electrons. The van der Waals surface area contributed by atoms with Gasteiger partial charge in [0.15, 0.2) is 0 Å². The van der Waals surface area contributed by atoms with E-state index in [1.54, 1.807) is 0 Å². The highest BCUT2D eigenvalue weighted by Crippen LogP contribution is 2.43. The van der Waals surface area contributed by atoms with Gasteiger partial charge < -0.3 is 19.4 Å². The van der Waals surface area contributed by atoms with Gasteiger partial charge in [-0.25, -0.2) is 4.57 Å². The number of likely N-dealkylation sites (N-methyl/N-ethyl adjacent to an activating group) is 1. The molecule has 0 saturated heterocycles. The van der Waals surface area contributed by atoms with E-state index in [0.29, 0.717) is 23.9 Å². The SMILES string of the molecule is CCCCCC/C=C\CCCCCCCCCC(=O)NC(COP(=O)(O)OCC[N+](C)(C)C)C(/C=C\CCCCCCCCCCC)OC(=O)CCCCCCCCCCCCCCCCC/C=C/CCCCCCCC. The maximum absolute atomic E-state index is 13.5. The molecule has 0 aromatic heterocycles. The van der Waals surface area contributed by atoms with Crippen LogP contribution >= 0.6 is 7.82 Å². The van der Waals surface area contributed by atoms with E-state index in [4.69, 9.17) is 13.8 Å². The van der Waals surface area contributed by atoms with Crippen molar-refractivity contribution in [3.05, 3.63) is 36.5 Å². The van der Waals surface area contributed by atoms with Crippen molar-refractivity contribution < 1.29 is 37.3 Å². The molecule has 9 nitrogen and oxygen atoms in total. The van der Waals surface area contributed by atoms with Crippen LogP contribution < -0.4 is 5.32 Å². The van der Waals surface area contributed by atoms with Crippen LogP contribution in [0.4, 0.5) is 0 Å². The van der Waals surface area contributed by atoms with E-state index in [0.717, 1.165) is 64.2 Å². The molecule has 0 spiro atoms. The molecule has 3 atom stereocenters. The summed E-state index contributed by atoms with van der Waals surface area (Å²) in [6, 6.07) is -0.847. The normalized spacial score (nSPS) is 13.8. The minimum atomic E-state index is -4.45. The van der Waals surface area contributed by atoms with Crippen molar-refractivity contribution in [3.63, 3.8) is 0 Å². The van der Waals surface area contributed by atoms with E-state index in [-0.39, 0.29) is 25.1 Å². The first-order valence-corrected chi connectivity index (χ1v) is 34.8. The van der Waals surface area contributed by atoms with Gasteiger partial charge in [0, 0.05) is 12.8 Å². The summed E-state index contributed by atoms with van der Waals surface area (Å²) in [4.78, 5) is 37.7. The number of unbranched alkanes of at least 4 members (excludes halogenated alkanes) is 41. The Morgan fingerprint density at radius 3 is 1.12 bits per heavy atom. The molecule has 0 fully saturated rings. The maximum Gasteiger partial charge on any atom is 0.472 e. The van der Waals surface area contributed by atoms with Gasteiger partial charge in [-0.2, -0.15) is 0 Å². The van der Waals surface area contributed by atoms with Gasteiger partial charge in [0.05, 0.1) is 33.8 Å². The number of amides is 1. The standard InChI is InChI=1S/C67H129N2O7P/c1-7-10-13-16-19-22-25-27-29-30-31-32-33-34-35-36-37-38-40-42-45-48-51-54-57-60-67(71)76-65(58-55-52-49-46-43-24-21-18-15-12-9-3)64(63-75-77(72,73)74-62-61-69(4,5)6)68-66(70)59-56-53-50-47-44-41-39-28-26-23-20-17-14-11-8-2/h23,26-27,29,55,58,64-65H,7-22,24-25,28,30-54,56-57,59-63H2,1-6H3,(H-,68,70,72,73)/p+1/b26-23-,29-27+,58-55-. The fourth-order valence-electron chi connectivity index (χ4n) is 9.87. The summed E-state index contributed by atoms with van der Waals surface area (Å²) < 4.78 is 30.7. The number of allylic oxidation sites excluding steroid dienone is 5. The molecule has 2 N–H and O–H groups in total. The quantitative estimate of drug-likeness (QED) is 0.0205. The topological polar surface area (TPSA) is 111 Å². The van der Waals surface area contributed by atoms with Gasteiger partial charge in [-0.05, 0) is 83.1 Å². The van der Waals surface area contributed by atoms with Crippen molar-refractivity contribution in [2.45, 2.75) is 341 Å². The number of esters is 1. The molecule has 454 valence electrons. The van der Waals surface area contributed by atoms with Crippen molar-refractivity contribution >= 4 is 19.7 Å². The Labute approximate surface area is 478 Å². The third-order valence-corrected chi connectivity index (χ3v) is 16.0. The second-order valence-corrected chi connectivity index (χ2v) is 25.4. The lowest BCUT2D eigenvalue weighted by Gasteiger charge is -2.27. The summed E-state index contributed by atoms with van der Waals surface area (Å²) in [6.45, 7) is 7.03. The predicted molar refractivity (Wildman–Crippen MR) is 332 cm³/mol. The Morgan fingerprint density at radius 2 is 0.753 bits per heavy atom. The zero-order valence-electron chi connectivity index (χ0n) is 52.0. The van der Waals surface area contributed by atoms with Crippen LogP contribution in [0, 0.1) is 0 Å². The minimum Gasteiger partial charge on any atom is -0.456 e.